The molecule has 0 unspecified atom stereocenters. The molecule has 0 spiro atoms. The molecule has 2 heterocycles. The number of carbonyl (C=O) groups is 2. The van der Waals surface area contributed by atoms with Gasteiger partial charge in [0.15, 0.2) is 0 Å². The molecule has 1 aliphatic rings. The Balaban J connectivity index is 2.18. The van der Waals surface area contributed by atoms with Crippen LogP contribution < -0.4 is 0 Å². The lowest BCUT2D eigenvalue weighted by Crippen LogP contribution is -2.48. The lowest BCUT2D eigenvalue weighted by Gasteiger charge is -2.33. The predicted octanol–water partition coefficient (Wildman–Crippen LogP) is 2.57. The van der Waals surface area contributed by atoms with Crippen LogP contribution >= 0.6 is 22.9 Å². The fourth-order valence-corrected chi connectivity index (χ4v) is 3.13. The lowest BCUT2D eigenvalue weighted by molar-refractivity contribution is -0.147. The second kappa shape index (κ2) is 5.71. The van der Waals surface area contributed by atoms with Crippen molar-refractivity contribution in [3.05, 3.63) is 21.3 Å². The summed E-state index contributed by atoms with van der Waals surface area (Å²) < 4.78 is 5.33. The van der Waals surface area contributed by atoms with Gasteiger partial charge in [-0.05, 0) is 31.4 Å². The summed E-state index contributed by atoms with van der Waals surface area (Å²) in [5.74, 6) is -0.479. The van der Waals surface area contributed by atoms with Gasteiger partial charge >= 0.3 is 5.97 Å². The monoisotopic (exact) mass is 287 g/mol. The van der Waals surface area contributed by atoms with Crippen LogP contribution in [0.5, 0.6) is 0 Å². The molecule has 0 radical (unpaired) electrons. The Labute approximate surface area is 114 Å². The predicted molar refractivity (Wildman–Crippen MR) is 70.0 cm³/mol. The van der Waals surface area contributed by atoms with Crippen LogP contribution in [-0.4, -0.2) is 36.5 Å². The molecule has 0 saturated carbocycles. The number of halogens is 1. The van der Waals surface area contributed by atoms with E-state index in [2.05, 4.69) is 0 Å². The quantitative estimate of drug-likeness (QED) is 0.786. The average Bonchev–Trinajstić information content (AvgIpc) is 2.83. The van der Waals surface area contributed by atoms with Crippen molar-refractivity contribution in [2.75, 3.05) is 13.7 Å². The SMILES string of the molecule is COC(=O)[C@H]1CCCCN1C(=O)c1ccc(Cl)s1. The maximum atomic E-state index is 12.3. The highest BCUT2D eigenvalue weighted by molar-refractivity contribution is 7.17. The van der Waals surface area contributed by atoms with Gasteiger partial charge in [-0.15, -0.1) is 11.3 Å². The number of hydrogen-bond donors (Lipinski definition) is 0. The third kappa shape index (κ3) is 2.67. The van der Waals surface area contributed by atoms with Crippen LogP contribution in [0.3, 0.4) is 0 Å². The molecule has 1 aromatic rings. The van der Waals surface area contributed by atoms with Gasteiger partial charge < -0.3 is 9.64 Å². The second-order valence-corrected chi connectivity index (χ2v) is 5.85. The number of hydrogen-bond acceptors (Lipinski definition) is 4. The van der Waals surface area contributed by atoms with Crippen LogP contribution in [-0.2, 0) is 9.53 Å². The van der Waals surface area contributed by atoms with Crippen LogP contribution in [0.1, 0.15) is 28.9 Å². The molecule has 0 aromatic carbocycles. The smallest absolute Gasteiger partial charge is 0.328 e. The topological polar surface area (TPSA) is 46.6 Å². The van der Waals surface area contributed by atoms with E-state index in [1.165, 1.54) is 18.4 Å². The molecule has 0 aliphatic carbocycles. The van der Waals surface area contributed by atoms with E-state index in [0.29, 0.717) is 22.2 Å². The summed E-state index contributed by atoms with van der Waals surface area (Å²) in [5, 5.41) is 0. The first-order chi connectivity index (χ1) is 8.63. The third-order valence-electron chi connectivity index (χ3n) is 3.02. The van der Waals surface area contributed by atoms with Crippen molar-refractivity contribution < 1.29 is 14.3 Å². The largest absolute Gasteiger partial charge is 0.467 e. The Morgan fingerprint density at radius 2 is 2.22 bits per heavy atom. The molecule has 98 valence electrons. The zero-order valence-corrected chi connectivity index (χ0v) is 11.6. The summed E-state index contributed by atoms with van der Waals surface area (Å²) in [7, 11) is 1.35. The van der Waals surface area contributed by atoms with Gasteiger partial charge in [0.2, 0.25) is 0 Å². The first kappa shape index (κ1) is 13.4. The molecule has 1 atom stereocenters. The molecule has 1 fully saturated rings. The first-order valence-corrected chi connectivity index (χ1v) is 6.97. The average molecular weight is 288 g/mol. The maximum Gasteiger partial charge on any atom is 0.328 e. The molecule has 1 amide bonds. The highest BCUT2D eigenvalue weighted by Gasteiger charge is 2.33. The standard InChI is InChI=1S/C12H14ClNO3S/c1-17-12(16)8-4-2-3-7-14(8)11(15)9-5-6-10(13)18-9/h5-6,8H,2-4,7H2,1H3/t8-/m1/s1. The molecule has 1 aliphatic heterocycles. The van der Waals surface area contributed by atoms with E-state index >= 15 is 0 Å². The molecule has 6 heteroatoms. The highest BCUT2D eigenvalue weighted by Crippen LogP contribution is 2.26. The number of rotatable bonds is 2. The minimum Gasteiger partial charge on any atom is -0.467 e. The molecule has 18 heavy (non-hydrogen) atoms. The molecular formula is C12H14ClNO3S. The number of thiophene rings is 1. The van der Waals surface area contributed by atoms with Crippen molar-refractivity contribution in [2.24, 2.45) is 0 Å². The van der Waals surface area contributed by atoms with Crippen molar-refractivity contribution in [3.8, 4) is 0 Å². The summed E-state index contributed by atoms with van der Waals surface area (Å²) in [4.78, 5) is 26.2. The summed E-state index contributed by atoms with van der Waals surface area (Å²) >= 11 is 7.06. The highest BCUT2D eigenvalue weighted by atomic mass is 35.5. The molecule has 0 bridgehead atoms. The Kier molecular flexibility index (Phi) is 4.24. The Morgan fingerprint density at radius 1 is 1.44 bits per heavy atom. The van der Waals surface area contributed by atoms with E-state index in [1.807, 2.05) is 0 Å². The van der Waals surface area contributed by atoms with Crippen molar-refractivity contribution in [3.63, 3.8) is 0 Å². The van der Waals surface area contributed by atoms with Gasteiger partial charge in [-0.1, -0.05) is 11.6 Å². The fraction of sp³-hybridized carbons (Fsp3) is 0.500. The van der Waals surface area contributed by atoms with Gasteiger partial charge in [-0.3, -0.25) is 4.79 Å². The summed E-state index contributed by atoms with van der Waals surface area (Å²) in [6.45, 7) is 0.591. The van der Waals surface area contributed by atoms with Gasteiger partial charge in [-0.25, -0.2) is 4.79 Å². The summed E-state index contributed by atoms with van der Waals surface area (Å²) in [6.07, 6.45) is 2.52. The van der Waals surface area contributed by atoms with E-state index in [1.54, 1.807) is 17.0 Å². The van der Waals surface area contributed by atoms with E-state index < -0.39 is 6.04 Å². The van der Waals surface area contributed by atoms with E-state index in [-0.39, 0.29) is 11.9 Å². The van der Waals surface area contributed by atoms with Crippen molar-refractivity contribution in [2.45, 2.75) is 25.3 Å². The molecule has 4 nitrogen and oxygen atoms in total. The Hall–Kier alpha value is -1.07. The summed E-state index contributed by atoms with van der Waals surface area (Å²) in [6, 6.07) is 2.92. The Bertz CT molecular complexity index is 460. The Morgan fingerprint density at radius 3 is 2.83 bits per heavy atom. The molecule has 0 N–H and O–H groups in total. The van der Waals surface area contributed by atoms with Crippen LogP contribution in [0.25, 0.3) is 0 Å². The van der Waals surface area contributed by atoms with Crippen molar-refractivity contribution in [1.82, 2.24) is 4.90 Å². The summed E-state index contributed by atoms with van der Waals surface area (Å²) in [5.41, 5.74) is 0. The third-order valence-corrected chi connectivity index (χ3v) is 4.24. The van der Waals surface area contributed by atoms with E-state index in [4.69, 9.17) is 16.3 Å². The zero-order valence-electron chi connectivity index (χ0n) is 10.0. The van der Waals surface area contributed by atoms with Gasteiger partial charge in [0.05, 0.1) is 16.3 Å². The number of ether oxygens (including phenoxy) is 1. The minimum absolute atomic E-state index is 0.137. The van der Waals surface area contributed by atoms with Crippen LogP contribution in [0.2, 0.25) is 4.34 Å². The maximum absolute atomic E-state index is 12.3. The number of amides is 1. The van der Waals surface area contributed by atoms with Crippen LogP contribution in [0, 0.1) is 0 Å². The number of carbonyl (C=O) groups excluding carboxylic acids is 2. The number of esters is 1. The van der Waals surface area contributed by atoms with Gasteiger partial charge in [-0.2, -0.15) is 0 Å². The second-order valence-electron chi connectivity index (χ2n) is 4.14. The zero-order chi connectivity index (χ0) is 13.1. The van der Waals surface area contributed by atoms with E-state index in [0.717, 1.165) is 12.8 Å². The number of likely N-dealkylation sites (tertiary alicyclic amines) is 1. The number of nitrogens with zero attached hydrogens (tertiary/aromatic N) is 1. The van der Waals surface area contributed by atoms with Gasteiger partial charge in [0.25, 0.3) is 5.91 Å². The number of methoxy groups -OCH3 is 1. The van der Waals surface area contributed by atoms with Crippen LogP contribution in [0.15, 0.2) is 12.1 Å². The normalized spacial score (nSPS) is 19.7. The number of piperidine rings is 1. The van der Waals surface area contributed by atoms with Crippen molar-refractivity contribution in [1.29, 1.82) is 0 Å². The lowest BCUT2D eigenvalue weighted by atomic mass is 10.0. The van der Waals surface area contributed by atoms with Gasteiger partial charge in [0.1, 0.15) is 6.04 Å². The molecule has 2 rings (SSSR count). The fourth-order valence-electron chi connectivity index (χ4n) is 2.13. The molecular weight excluding hydrogens is 274 g/mol. The minimum atomic E-state index is -0.461. The van der Waals surface area contributed by atoms with Gasteiger partial charge in [0, 0.05) is 6.54 Å². The van der Waals surface area contributed by atoms with E-state index in [9.17, 15) is 9.59 Å². The first-order valence-electron chi connectivity index (χ1n) is 5.77. The molecule has 1 aromatic heterocycles. The van der Waals surface area contributed by atoms with Crippen LogP contribution in [0.4, 0.5) is 0 Å². The molecule has 1 saturated heterocycles. The van der Waals surface area contributed by atoms with Crippen molar-refractivity contribution >= 4 is 34.8 Å².